The van der Waals surface area contributed by atoms with Crippen LogP contribution in [0.15, 0.2) is 69.0 Å². The van der Waals surface area contributed by atoms with Gasteiger partial charge in [0.25, 0.3) is 5.56 Å². The summed E-state index contributed by atoms with van der Waals surface area (Å²) in [6, 6.07) is 16.7. The maximum atomic E-state index is 11.9. The van der Waals surface area contributed by atoms with Gasteiger partial charge in [-0.25, -0.2) is 10.4 Å². The minimum absolute atomic E-state index is 0.248. The number of hydrazone groups is 1. The third-order valence-electron chi connectivity index (χ3n) is 3.61. The monoisotopic (exact) mass is 426 g/mol. The SMILES string of the molecule is CCCOc1ccc(/C=N\Nc2nc(-c3ccccc3)cc(=O)[nH]2)cc1Br. The van der Waals surface area contributed by atoms with Crippen LogP contribution in [0.4, 0.5) is 5.95 Å². The summed E-state index contributed by atoms with van der Waals surface area (Å²) in [6.45, 7) is 2.73. The number of hydrogen-bond donors (Lipinski definition) is 2. The minimum Gasteiger partial charge on any atom is -0.492 e. The first-order valence-corrected chi connectivity index (χ1v) is 9.33. The van der Waals surface area contributed by atoms with Crippen molar-refractivity contribution in [2.45, 2.75) is 13.3 Å². The van der Waals surface area contributed by atoms with Gasteiger partial charge in [0.1, 0.15) is 5.75 Å². The van der Waals surface area contributed by atoms with Crippen molar-refractivity contribution in [1.82, 2.24) is 9.97 Å². The van der Waals surface area contributed by atoms with E-state index in [-0.39, 0.29) is 11.5 Å². The molecule has 0 aliphatic carbocycles. The van der Waals surface area contributed by atoms with E-state index in [4.69, 9.17) is 4.74 Å². The summed E-state index contributed by atoms with van der Waals surface area (Å²) < 4.78 is 6.49. The lowest BCUT2D eigenvalue weighted by atomic mass is 10.1. The van der Waals surface area contributed by atoms with E-state index in [9.17, 15) is 4.79 Å². The van der Waals surface area contributed by atoms with Gasteiger partial charge in [0.2, 0.25) is 5.95 Å². The topological polar surface area (TPSA) is 79.4 Å². The fourth-order valence-electron chi connectivity index (χ4n) is 2.36. The molecule has 0 saturated heterocycles. The molecular formula is C20H19BrN4O2. The van der Waals surface area contributed by atoms with Gasteiger partial charge < -0.3 is 4.74 Å². The Morgan fingerprint density at radius 3 is 2.78 bits per heavy atom. The van der Waals surface area contributed by atoms with Gasteiger partial charge in [-0.05, 0) is 46.1 Å². The van der Waals surface area contributed by atoms with Crippen LogP contribution in [0.3, 0.4) is 0 Å². The Balaban J connectivity index is 1.72. The summed E-state index contributed by atoms with van der Waals surface area (Å²) in [5.41, 5.74) is 4.84. The molecule has 138 valence electrons. The molecule has 7 heteroatoms. The molecule has 2 aromatic carbocycles. The molecule has 0 amide bonds. The molecule has 0 aliphatic heterocycles. The van der Waals surface area contributed by atoms with Gasteiger partial charge >= 0.3 is 0 Å². The summed E-state index contributed by atoms with van der Waals surface area (Å²) in [5, 5.41) is 4.15. The largest absolute Gasteiger partial charge is 0.492 e. The van der Waals surface area contributed by atoms with Gasteiger partial charge in [0.05, 0.1) is 23.0 Å². The van der Waals surface area contributed by atoms with Crippen molar-refractivity contribution in [3.05, 3.63) is 75.0 Å². The van der Waals surface area contributed by atoms with Gasteiger partial charge in [0.15, 0.2) is 0 Å². The molecular weight excluding hydrogens is 408 g/mol. The first-order chi connectivity index (χ1) is 13.2. The van der Waals surface area contributed by atoms with Crippen LogP contribution in [0.5, 0.6) is 5.75 Å². The van der Waals surface area contributed by atoms with Crippen molar-refractivity contribution < 1.29 is 4.74 Å². The Morgan fingerprint density at radius 2 is 2.04 bits per heavy atom. The molecule has 0 unspecified atom stereocenters. The van der Waals surface area contributed by atoms with Crippen molar-refractivity contribution in [3.8, 4) is 17.0 Å². The molecule has 0 atom stereocenters. The summed E-state index contributed by atoms with van der Waals surface area (Å²) in [6.07, 6.45) is 2.59. The molecule has 2 N–H and O–H groups in total. The number of rotatable bonds is 7. The van der Waals surface area contributed by atoms with Gasteiger partial charge in [-0.1, -0.05) is 37.3 Å². The number of ether oxygens (including phenoxy) is 1. The predicted octanol–water partition coefficient (Wildman–Crippen LogP) is 4.43. The first-order valence-electron chi connectivity index (χ1n) is 8.54. The van der Waals surface area contributed by atoms with Crippen molar-refractivity contribution in [3.63, 3.8) is 0 Å². The second-order valence-electron chi connectivity index (χ2n) is 5.75. The number of hydrogen-bond acceptors (Lipinski definition) is 5. The number of nitrogens with one attached hydrogen (secondary N) is 2. The molecule has 0 spiro atoms. The van der Waals surface area contributed by atoms with Crippen LogP contribution in [-0.2, 0) is 0 Å². The van der Waals surface area contributed by atoms with Crippen molar-refractivity contribution in [2.75, 3.05) is 12.0 Å². The Hall–Kier alpha value is -2.93. The lowest BCUT2D eigenvalue weighted by Gasteiger charge is -2.07. The van der Waals surface area contributed by atoms with Crippen LogP contribution in [0.2, 0.25) is 0 Å². The fraction of sp³-hybridized carbons (Fsp3) is 0.150. The number of aromatic amines is 1. The Kier molecular flexibility index (Phi) is 6.38. The number of benzene rings is 2. The molecule has 3 rings (SSSR count). The van der Waals surface area contributed by atoms with Crippen molar-refractivity contribution in [2.24, 2.45) is 5.10 Å². The average Bonchev–Trinajstić information content (AvgIpc) is 2.68. The molecule has 6 nitrogen and oxygen atoms in total. The Morgan fingerprint density at radius 1 is 1.22 bits per heavy atom. The zero-order chi connectivity index (χ0) is 19.1. The number of nitrogens with zero attached hydrogens (tertiary/aromatic N) is 2. The molecule has 0 saturated carbocycles. The van der Waals surface area contributed by atoms with Crippen LogP contribution in [0.1, 0.15) is 18.9 Å². The maximum Gasteiger partial charge on any atom is 0.252 e. The lowest BCUT2D eigenvalue weighted by Crippen LogP contribution is -2.10. The smallest absolute Gasteiger partial charge is 0.252 e. The van der Waals surface area contributed by atoms with Gasteiger partial charge in [-0.15, -0.1) is 0 Å². The molecule has 0 fully saturated rings. The molecule has 0 bridgehead atoms. The second-order valence-corrected chi connectivity index (χ2v) is 6.61. The standard InChI is InChI=1S/C20H19BrN4O2/c1-2-10-27-18-9-8-14(11-16(18)21)13-22-25-20-23-17(12-19(26)24-20)15-6-4-3-5-7-15/h3-9,11-13H,2,10H2,1H3,(H2,23,24,25,26)/b22-13-. The highest BCUT2D eigenvalue weighted by Crippen LogP contribution is 2.25. The van der Waals surface area contributed by atoms with E-state index >= 15 is 0 Å². The number of halogens is 1. The first kappa shape index (κ1) is 18.8. The van der Waals surface area contributed by atoms with Gasteiger partial charge in [-0.3, -0.25) is 9.78 Å². The van der Waals surface area contributed by atoms with Crippen molar-refractivity contribution >= 4 is 28.1 Å². The summed E-state index contributed by atoms with van der Waals surface area (Å²) in [5.74, 6) is 1.07. The van der Waals surface area contributed by atoms with Crippen LogP contribution >= 0.6 is 15.9 Å². The third kappa shape index (κ3) is 5.27. The van der Waals surface area contributed by atoms with E-state index < -0.39 is 0 Å². The molecule has 1 heterocycles. The van der Waals surface area contributed by atoms with Gasteiger partial charge in [0, 0.05) is 11.6 Å². The summed E-state index contributed by atoms with van der Waals surface area (Å²) >= 11 is 3.49. The second kappa shape index (κ2) is 9.14. The fourth-order valence-corrected chi connectivity index (χ4v) is 2.87. The number of aromatic nitrogens is 2. The minimum atomic E-state index is -0.248. The van der Waals surface area contributed by atoms with Crippen LogP contribution in [0.25, 0.3) is 11.3 Å². The van der Waals surface area contributed by atoms with Crippen LogP contribution < -0.4 is 15.7 Å². The van der Waals surface area contributed by atoms with Gasteiger partial charge in [-0.2, -0.15) is 5.10 Å². The summed E-state index contributed by atoms with van der Waals surface area (Å²) in [4.78, 5) is 18.9. The molecule has 27 heavy (non-hydrogen) atoms. The normalized spacial score (nSPS) is 10.9. The molecule has 3 aromatic rings. The average molecular weight is 427 g/mol. The summed E-state index contributed by atoms with van der Waals surface area (Å²) in [7, 11) is 0. The van der Waals surface area contributed by atoms with E-state index in [1.54, 1.807) is 6.21 Å². The van der Waals surface area contributed by atoms with E-state index in [1.165, 1.54) is 6.07 Å². The highest BCUT2D eigenvalue weighted by atomic mass is 79.9. The van der Waals surface area contributed by atoms with Crippen molar-refractivity contribution in [1.29, 1.82) is 0 Å². The molecule has 0 radical (unpaired) electrons. The van der Waals surface area contributed by atoms with Crippen LogP contribution in [0, 0.1) is 0 Å². The quantitative estimate of drug-likeness (QED) is 0.432. The van der Waals surface area contributed by atoms with E-state index in [0.29, 0.717) is 12.3 Å². The van der Waals surface area contributed by atoms with E-state index in [0.717, 1.165) is 27.8 Å². The highest BCUT2D eigenvalue weighted by Gasteiger charge is 2.04. The van der Waals surface area contributed by atoms with E-state index in [1.807, 2.05) is 48.5 Å². The zero-order valence-corrected chi connectivity index (χ0v) is 16.4. The predicted molar refractivity (Wildman–Crippen MR) is 111 cm³/mol. The Bertz CT molecular complexity index is 987. The lowest BCUT2D eigenvalue weighted by molar-refractivity contribution is 0.315. The highest BCUT2D eigenvalue weighted by molar-refractivity contribution is 9.10. The molecule has 1 aromatic heterocycles. The third-order valence-corrected chi connectivity index (χ3v) is 4.23. The Labute approximate surface area is 165 Å². The van der Waals surface area contributed by atoms with E-state index in [2.05, 4.69) is 43.3 Å². The zero-order valence-electron chi connectivity index (χ0n) is 14.8. The molecule has 0 aliphatic rings. The number of H-pyrrole nitrogens is 1. The maximum absolute atomic E-state index is 11.9. The van der Waals surface area contributed by atoms with Crippen LogP contribution in [-0.4, -0.2) is 22.8 Å². The number of anilines is 1.